The van der Waals surface area contributed by atoms with Crippen LogP contribution in [-0.4, -0.2) is 31.7 Å². The highest BCUT2D eigenvalue weighted by molar-refractivity contribution is 5.53. The van der Waals surface area contributed by atoms with E-state index >= 15 is 0 Å². The Kier molecular flexibility index (Phi) is 4.49. The molecule has 0 radical (unpaired) electrons. The summed E-state index contributed by atoms with van der Waals surface area (Å²) in [6.07, 6.45) is 5.61. The van der Waals surface area contributed by atoms with E-state index in [4.69, 9.17) is 5.73 Å². The molecular weight excluding hydrogens is 371 g/mol. The van der Waals surface area contributed by atoms with Crippen molar-refractivity contribution in [3.05, 3.63) is 47.4 Å². The molecule has 4 N–H and O–H groups in total. The zero-order valence-corrected chi connectivity index (χ0v) is 16.0. The number of nitrogens with one attached hydrogen (secondary N) is 2. The summed E-state index contributed by atoms with van der Waals surface area (Å²) in [5.74, 6) is 2.02. The van der Waals surface area contributed by atoms with E-state index in [9.17, 15) is 4.39 Å². The fourth-order valence-electron chi connectivity index (χ4n) is 4.05. The first-order valence-corrected chi connectivity index (χ1v) is 10.0. The quantitative estimate of drug-likeness (QED) is 0.606. The molecule has 0 spiro atoms. The van der Waals surface area contributed by atoms with Crippen molar-refractivity contribution >= 4 is 23.7 Å². The van der Waals surface area contributed by atoms with Crippen LogP contribution < -0.4 is 16.0 Å². The first-order chi connectivity index (χ1) is 14.2. The minimum absolute atomic E-state index is 0.0841. The highest BCUT2D eigenvalue weighted by atomic mass is 19.1. The van der Waals surface area contributed by atoms with E-state index in [1.165, 1.54) is 31.4 Å². The molecule has 1 saturated carbocycles. The molecule has 29 heavy (non-hydrogen) atoms. The summed E-state index contributed by atoms with van der Waals surface area (Å²) in [7, 11) is 0. The molecule has 3 aromatic rings. The Morgan fingerprint density at radius 3 is 2.66 bits per heavy atom. The average Bonchev–Trinajstić information content (AvgIpc) is 3.30. The van der Waals surface area contributed by atoms with E-state index in [0.29, 0.717) is 23.6 Å². The average molecular weight is 394 g/mol. The molecule has 1 saturated heterocycles. The van der Waals surface area contributed by atoms with Crippen LogP contribution in [0.15, 0.2) is 30.3 Å². The summed E-state index contributed by atoms with van der Waals surface area (Å²) >= 11 is 0. The van der Waals surface area contributed by atoms with E-state index in [1.54, 1.807) is 0 Å². The van der Waals surface area contributed by atoms with Crippen LogP contribution in [0, 0.1) is 5.82 Å². The van der Waals surface area contributed by atoms with Crippen LogP contribution in [-0.2, 0) is 0 Å². The highest BCUT2D eigenvalue weighted by Gasteiger charge is 2.29. The fraction of sp³-hybridized carbons (Fsp3) is 0.400. The number of hydrogen-bond donors (Lipinski definition) is 3. The summed E-state index contributed by atoms with van der Waals surface area (Å²) in [5.41, 5.74) is 8.13. The number of nitrogens with zero attached hydrogens (tertiary/aromatic N) is 5. The first-order valence-electron chi connectivity index (χ1n) is 10.0. The van der Waals surface area contributed by atoms with Crippen LogP contribution in [0.3, 0.4) is 0 Å². The number of aromatic nitrogens is 5. The lowest BCUT2D eigenvalue weighted by Crippen LogP contribution is -2.25. The Morgan fingerprint density at radius 1 is 1.07 bits per heavy atom. The third kappa shape index (κ3) is 3.59. The highest BCUT2D eigenvalue weighted by Crippen LogP contribution is 2.37. The molecule has 1 aromatic carbocycles. The fourth-order valence-corrected chi connectivity index (χ4v) is 4.05. The zero-order valence-electron chi connectivity index (χ0n) is 16.0. The second-order valence-corrected chi connectivity index (χ2v) is 7.68. The van der Waals surface area contributed by atoms with Crippen molar-refractivity contribution in [2.75, 3.05) is 22.5 Å². The number of aromatic amines is 1. The van der Waals surface area contributed by atoms with Gasteiger partial charge in [0.15, 0.2) is 5.82 Å². The summed E-state index contributed by atoms with van der Waals surface area (Å²) in [6.45, 7) is 0.805. The van der Waals surface area contributed by atoms with E-state index in [-0.39, 0.29) is 17.8 Å². The van der Waals surface area contributed by atoms with Crippen molar-refractivity contribution in [1.29, 1.82) is 0 Å². The van der Waals surface area contributed by atoms with Gasteiger partial charge in [0.25, 0.3) is 0 Å². The smallest absolute Gasteiger partial charge is 0.235 e. The number of rotatable bonds is 5. The molecule has 9 heteroatoms. The van der Waals surface area contributed by atoms with Gasteiger partial charge in [-0.25, -0.2) is 4.39 Å². The van der Waals surface area contributed by atoms with Crippen LogP contribution in [0.4, 0.5) is 28.1 Å². The molecule has 1 atom stereocenters. The molecule has 0 bridgehead atoms. The normalized spacial score (nSPS) is 19.3. The van der Waals surface area contributed by atoms with Gasteiger partial charge in [-0.2, -0.15) is 20.1 Å². The molecule has 2 aliphatic rings. The SMILES string of the molecule is Nc1nc(Nc2cc(C3CCC3)[nH]n2)nc(N2CCCC2c2ccc(F)cc2)n1. The standard InChI is InChI=1S/C20H23FN8/c21-14-8-6-13(7-9-14)16-5-2-10-29(16)20-25-18(22)24-19(26-20)23-17-11-15(27-28-17)12-3-1-4-12/h6-9,11-12,16H,1-5,10H2,(H4,22,23,24,25,26,27,28). The second kappa shape index (κ2) is 7.31. The predicted molar refractivity (Wildman–Crippen MR) is 108 cm³/mol. The van der Waals surface area contributed by atoms with Gasteiger partial charge in [0.1, 0.15) is 5.82 Å². The van der Waals surface area contributed by atoms with Crippen LogP contribution in [0.1, 0.15) is 55.3 Å². The van der Waals surface area contributed by atoms with Gasteiger partial charge in [-0.15, -0.1) is 0 Å². The molecule has 2 fully saturated rings. The summed E-state index contributed by atoms with van der Waals surface area (Å²) in [4.78, 5) is 15.2. The molecule has 0 amide bonds. The minimum atomic E-state index is -0.241. The molecular formula is C20H23FN8. The van der Waals surface area contributed by atoms with Gasteiger partial charge in [-0.1, -0.05) is 18.6 Å². The summed E-state index contributed by atoms with van der Waals surface area (Å²) in [5, 5.41) is 10.5. The van der Waals surface area contributed by atoms with Gasteiger partial charge in [-0.3, -0.25) is 5.10 Å². The Morgan fingerprint density at radius 2 is 1.90 bits per heavy atom. The van der Waals surface area contributed by atoms with Gasteiger partial charge in [0.05, 0.1) is 6.04 Å². The number of H-pyrrole nitrogens is 1. The van der Waals surface area contributed by atoms with Crippen molar-refractivity contribution in [1.82, 2.24) is 25.1 Å². The molecule has 150 valence electrons. The van der Waals surface area contributed by atoms with Crippen LogP contribution in [0.2, 0.25) is 0 Å². The maximum absolute atomic E-state index is 13.3. The number of anilines is 4. The number of nitrogens with two attached hydrogens (primary N) is 1. The largest absolute Gasteiger partial charge is 0.368 e. The lowest BCUT2D eigenvalue weighted by atomic mass is 9.83. The monoisotopic (exact) mass is 394 g/mol. The van der Waals surface area contributed by atoms with Gasteiger partial charge in [-0.05, 0) is 43.4 Å². The summed E-state index contributed by atoms with van der Waals surface area (Å²) in [6, 6.07) is 8.68. The molecule has 8 nitrogen and oxygen atoms in total. The van der Waals surface area contributed by atoms with Crippen molar-refractivity contribution in [3.8, 4) is 0 Å². The Bertz CT molecular complexity index is 998. The van der Waals surface area contributed by atoms with Gasteiger partial charge < -0.3 is 16.0 Å². The Balaban J connectivity index is 1.38. The topological polar surface area (TPSA) is 109 Å². The lowest BCUT2D eigenvalue weighted by Gasteiger charge is -2.25. The molecule has 1 aliphatic carbocycles. The van der Waals surface area contributed by atoms with E-state index in [2.05, 4.69) is 35.4 Å². The predicted octanol–water partition coefficient (Wildman–Crippen LogP) is 3.67. The minimum Gasteiger partial charge on any atom is -0.368 e. The van der Waals surface area contributed by atoms with Crippen LogP contribution >= 0.6 is 0 Å². The Labute approximate surface area is 167 Å². The third-order valence-electron chi connectivity index (χ3n) is 5.79. The van der Waals surface area contributed by atoms with Crippen LogP contribution in [0.25, 0.3) is 0 Å². The number of hydrogen-bond acceptors (Lipinski definition) is 7. The van der Waals surface area contributed by atoms with Gasteiger partial charge >= 0.3 is 0 Å². The molecule has 3 heterocycles. The van der Waals surface area contributed by atoms with E-state index in [0.717, 1.165) is 30.6 Å². The second-order valence-electron chi connectivity index (χ2n) is 7.68. The van der Waals surface area contributed by atoms with Crippen molar-refractivity contribution < 1.29 is 4.39 Å². The van der Waals surface area contributed by atoms with E-state index < -0.39 is 0 Å². The van der Waals surface area contributed by atoms with Crippen molar-refractivity contribution in [2.45, 2.75) is 44.1 Å². The van der Waals surface area contributed by atoms with E-state index in [1.807, 2.05) is 18.2 Å². The van der Waals surface area contributed by atoms with Gasteiger partial charge in [0, 0.05) is 24.2 Å². The Hall–Kier alpha value is -3.23. The number of benzene rings is 1. The van der Waals surface area contributed by atoms with Crippen molar-refractivity contribution in [3.63, 3.8) is 0 Å². The van der Waals surface area contributed by atoms with Crippen LogP contribution in [0.5, 0.6) is 0 Å². The molecule has 2 aromatic heterocycles. The molecule has 1 unspecified atom stereocenters. The first kappa shape index (κ1) is 17.8. The maximum Gasteiger partial charge on any atom is 0.235 e. The van der Waals surface area contributed by atoms with Crippen molar-refractivity contribution in [2.24, 2.45) is 0 Å². The zero-order chi connectivity index (χ0) is 19.8. The maximum atomic E-state index is 13.3. The van der Waals surface area contributed by atoms with Gasteiger partial charge in [0.2, 0.25) is 17.8 Å². The number of nitrogen functional groups attached to an aromatic ring is 1. The summed E-state index contributed by atoms with van der Waals surface area (Å²) < 4.78 is 13.3. The third-order valence-corrected chi connectivity index (χ3v) is 5.79. The molecule has 1 aliphatic heterocycles. The number of halogens is 1. The molecule has 5 rings (SSSR count). The lowest BCUT2D eigenvalue weighted by molar-refractivity contribution is 0.410.